The number of nitro groups is 1. The number of nitro benzene ring substituents is 1. The molecule has 5 nitrogen and oxygen atoms in total. The first-order chi connectivity index (χ1) is 10.0. The van der Waals surface area contributed by atoms with Crippen molar-refractivity contribution in [2.24, 2.45) is 11.8 Å². The fraction of sp³-hybridized carbons (Fsp3) is 0.571. The van der Waals surface area contributed by atoms with Crippen LogP contribution in [0.2, 0.25) is 0 Å². The van der Waals surface area contributed by atoms with E-state index in [2.05, 4.69) is 21.2 Å². The molecule has 0 aliphatic heterocycles. The number of halogens is 2. The zero-order valence-electron chi connectivity index (χ0n) is 11.5. The van der Waals surface area contributed by atoms with Gasteiger partial charge in [0.15, 0.2) is 0 Å². The van der Waals surface area contributed by atoms with Crippen LogP contribution >= 0.6 is 15.9 Å². The van der Waals surface area contributed by atoms with E-state index in [0.29, 0.717) is 12.2 Å². The molecule has 21 heavy (non-hydrogen) atoms. The van der Waals surface area contributed by atoms with Crippen molar-refractivity contribution < 1.29 is 14.4 Å². The van der Waals surface area contributed by atoms with Crippen LogP contribution in [-0.2, 0) is 0 Å². The minimum atomic E-state index is -0.654. The smallest absolute Gasteiger partial charge is 0.295 e. The van der Waals surface area contributed by atoms with Crippen LogP contribution < -0.4 is 5.32 Å². The molecular formula is C14H18BrFN2O3. The topological polar surface area (TPSA) is 75.4 Å². The monoisotopic (exact) mass is 360 g/mol. The Labute approximate surface area is 130 Å². The number of anilines is 1. The second kappa shape index (κ2) is 7.17. The Morgan fingerprint density at radius 1 is 1.38 bits per heavy atom. The van der Waals surface area contributed by atoms with Crippen LogP contribution in [0.25, 0.3) is 0 Å². The van der Waals surface area contributed by atoms with Crippen molar-refractivity contribution in [3.63, 3.8) is 0 Å². The molecule has 0 aromatic heterocycles. The van der Waals surface area contributed by atoms with Gasteiger partial charge in [-0.3, -0.25) is 10.1 Å². The van der Waals surface area contributed by atoms with Gasteiger partial charge in [0.2, 0.25) is 0 Å². The standard InChI is InChI=1S/C14H18BrFN2O3/c15-11-5-13(14(18(20)21)6-12(11)16)17-7-9-3-1-2-4-10(9)8-19/h5-6,9-10,17,19H,1-4,7-8H2. The minimum Gasteiger partial charge on any atom is -0.396 e. The number of nitrogens with one attached hydrogen (secondary N) is 1. The summed E-state index contributed by atoms with van der Waals surface area (Å²) in [6.07, 6.45) is 4.20. The molecule has 2 N–H and O–H groups in total. The highest BCUT2D eigenvalue weighted by Crippen LogP contribution is 2.33. The molecule has 0 bridgehead atoms. The predicted octanol–water partition coefficient (Wildman–Crippen LogP) is 3.71. The third-order valence-electron chi connectivity index (χ3n) is 4.09. The Bertz CT molecular complexity index is 527. The zero-order valence-corrected chi connectivity index (χ0v) is 13.1. The zero-order chi connectivity index (χ0) is 15.4. The number of benzene rings is 1. The number of hydrogen-bond acceptors (Lipinski definition) is 4. The highest BCUT2D eigenvalue weighted by molar-refractivity contribution is 9.10. The third kappa shape index (κ3) is 3.91. The van der Waals surface area contributed by atoms with E-state index in [4.69, 9.17) is 0 Å². The van der Waals surface area contributed by atoms with Gasteiger partial charge in [0.05, 0.1) is 15.5 Å². The van der Waals surface area contributed by atoms with Crippen molar-refractivity contribution in [3.05, 3.63) is 32.5 Å². The quantitative estimate of drug-likeness (QED) is 0.619. The van der Waals surface area contributed by atoms with Crippen LogP contribution in [0.15, 0.2) is 16.6 Å². The van der Waals surface area contributed by atoms with Crippen LogP contribution in [0.1, 0.15) is 25.7 Å². The van der Waals surface area contributed by atoms with Gasteiger partial charge in [-0.25, -0.2) is 4.39 Å². The summed E-state index contributed by atoms with van der Waals surface area (Å²) >= 11 is 3.04. The molecule has 1 aliphatic carbocycles. The van der Waals surface area contributed by atoms with Crippen LogP contribution in [0.4, 0.5) is 15.8 Å². The molecule has 1 fully saturated rings. The van der Waals surface area contributed by atoms with Gasteiger partial charge in [-0.15, -0.1) is 0 Å². The van der Waals surface area contributed by atoms with E-state index in [0.717, 1.165) is 31.7 Å². The first-order valence-electron chi connectivity index (χ1n) is 7.01. The molecule has 0 spiro atoms. The maximum absolute atomic E-state index is 13.4. The van der Waals surface area contributed by atoms with Crippen molar-refractivity contribution >= 4 is 27.3 Å². The largest absolute Gasteiger partial charge is 0.396 e. The lowest BCUT2D eigenvalue weighted by Crippen LogP contribution is -2.28. The predicted molar refractivity (Wildman–Crippen MR) is 81.8 cm³/mol. The molecule has 2 rings (SSSR count). The fourth-order valence-corrected chi connectivity index (χ4v) is 3.21. The van der Waals surface area contributed by atoms with Gasteiger partial charge in [0, 0.05) is 13.2 Å². The molecule has 7 heteroatoms. The van der Waals surface area contributed by atoms with E-state index >= 15 is 0 Å². The van der Waals surface area contributed by atoms with Crippen LogP contribution in [0.5, 0.6) is 0 Å². The summed E-state index contributed by atoms with van der Waals surface area (Å²) in [4.78, 5) is 10.4. The highest BCUT2D eigenvalue weighted by atomic mass is 79.9. The Balaban J connectivity index is 2.11. The van der Waals surface area contributed by atoms with E-state index in [1.54, 1.807) is 0 Å². The van der Waals surface area contributed by atoms with E-state index in [-0.39, 0.29) is 28.6 Å². The van der Waals surface area contributed by atoms with Crippen molar-refractivity contribution in [2.75, 3.05) is 18.5 Å². The van der Waals surface area contributed by atoms with E-state index in [1.165, 1.54) is 6.07 Å². The van der Waals surface area contributed by atoms with Crippen molar-refractivity contribution in [3.8, 4) is 0 Å². The Hall–Kier alpha value is -1.21. The first kappa shape index (κ1) is 16.2. The van der Waals surface area contributed by atoms with Crippen LogP contribution in [0.3, 0.4) is 0 Å². The summed E-state index contributed by atoms with van der Waals surface area (Å²) in [7, 11) is 0. The lowest BCUT2D eigenvalue weighted by molar-refractivity contribution is -0.384. The Morgan fingerprint density at radius 2 is 2.05 bits per heavy atom. The van der Waals surface area contributed by atoms with Gasteiger partial charge in [0.1, 0.15) is 11.5 Å². The Morgan fingerprint density at radius 3 is 2.67 bits per heavy atom. The number of rotatable bonds is 5. The van der Waals surface area contributed by atoms with Crippen molar-refractivity contribution in [1.29, 1.82) is 0 Å². The lowest BCUT2D eigenvalue weighted by atomic mass is 9.79. The summed E-state index contributed by atoms with van der Waals surface area (Å²) in [5.41, 5.74) is 0.0302. The molecule has 1 aromatic carbocycles. The molecular weight excluding hydrogens is 343 g/mol. The van der Waals surface area contributed by atoms with Gasteiger partial charge in [0.25, 0.3) is 5.69 Å². The fourth-order valence-electron chi connectivity index (χ4n) is 2.86. The van der Waals surface area contributed by atoms with Gasteiger partial charge in [-0.2, -0.15) is 0 Å². The van der Waals surface area contributed by atoms with Gasteiger partial charge < -0.3 is 10.4 Å². The molecule has 116 valence electrons. The van der Waals surface area contributed by atoms with E-state index < -0.39 is 10.7 Å². The molecule has 0 heterocycles. The third-order valence-corrected chi connectivity index (χ3v) is 4.70. The van der Waals surface area contributed by atoms with Gasteiger partial charge in [-0.05, 0) is 46.7 Å². The van der Waals surface area contributed by atoms with E-state index in [9.17, 15) is 19.6 Å². The van der Waals surface area contributed by atoms with Crippen molar-refractivity contribution in [2.45, 2.75) is 25.7 Å². The second-order valence-corrected chi connectivity index (χ2v) is 6.26. The number of aliphatic hydroxyl groups excluding tert-OH is 1. The molecule has 1 aliphatic rings. The maximum Gasteiger partial charge on any atom is 0.295 e. The number of hydrogen-bond donors (Lipinski definition) is 2. The Kier molecular flexibility index (Phi) is 5.52. The number of nitrogens with zero attached hydrogens (tertiary/aromatic N) is 1. The minimum absolute atomic E-state index is 0.140. The average molecular weight is 361 g/mol. The van der Waals surface area contributed by atoms with Gasteiger partial charge in [-0.1, -0.05) is 12.8 Å². The molecule has 0 radical (unpaired) electrons. The average Bonchev–Trinajstić information content (AvgIpc) is 2.48. The van der Waals surface area contributed by atoms with E-state index in [1.807, 2.05) is 0 Å². The van der Waals surface area contributed by atoms with Crippen LogP contribution in [-0.4, -0.2) is 23.2 Å². The summed E-state index contributed by atoms with van der Waals surface area (Å²) in [6.45, 7) is 0.686. The highest BCUT2D eigenvalue weighted by Gasteiger charge is 2.25. The lowest BCUT2D eigenvalue weighted by Gasteiger charge is -2.30. The molecule has 2 unspecified atom stereocenters. The normalized spacial score (nSPS) is 22.0. The molecule has 1 saturated carbocycles. The first-order valence-corrected chi connectivity index (χ1v) is 7.80. The molecule has 2 atom stereocenters. The van der Waals surface area contributed by atoms with Crippen LogP contribution in [0, 0.1) is 27.8 Å². The summed E-state index contributed by atoms with van der Waals surface area (Å²) in [5, 5.41) is 23.4. The van der Waals surface area contributed by atoms with Gasteiger partial charge >= 0.3 is 0 Å². The SMILES string of the molecule is O=[N+]([O-])c1cc(F)c(Br)cc1NCC1CCCCC1CO. The maximum atomic E-state index is 13.4. The second-order valence-electron chi connectivity index (χ2n) is 5.41. The summed E-state index contributed by atoms with van der Waals surface area (Å²) in [6, 6.07) is 2.31. The summed E-state index contributed by atoms with van der Waals surface area (Å²) in [5.74, 6) is -0.139. The number of aliphatic hydroxyl groups is 1. The van der Waals surface area contributed by atoms with Crippen molar-refractivity contribution in [1.82, 2.24) is 0 Å². The summed E-state index contributed by atoms with van der Waals surface area (Å²) < 4.78 is 13.6. The molecule has 0 saturated heterocycles. The molecule has 0 amide bonds. The molecule has 1 aromatic rings.